The van der Waals surface area contributed by atoms with Crippen molar-refractivity contribution in [1.82, 2.24) is 9.55 Å². The Morgan fingerprint density at radius 2 is 2.12 bits per heavy atom. The summed E-state index contributed by atoms with van der Waals surface area (Å²) < 4.78 is 16.4. The Hall–Kier alpha value is -2.48. The van der Waals surface area contributed by atoms with Gasteiger partial charge in [0.1, 0.15) is 28.2 Å². The molecular weight excluding hydrogens is 327 g/mol. The molecule has 25 heavy (non-hydrogen) atoms. The average Bonchev–Trinajstić information content (AvgIpc) is 3.33. The number of carboxylic acid groups (broad SMARTS) is 1. The van der Waals surface area contributed by atoms with Gasteiger partial charge in [-0.3, -0.25) is 4.79 Å². The van der Waals surface area contributed by atoms with Crippen molar-refractivity contribution in [2.75, 3.05) is 18.0 Å². The van der Waals surface area contributed by atoms with Crippen LogP contribution in [0.4, 0.5) is 10.2 Å². The summed E-state index contributed by atoms with van der Waals surface area (Å²) in [7, 11) is 0. The number of carboxylic acids is 1. The first-order valence-corrected chi connectivity index (χ1v) is 8.36. The number of fused-ring (bicyclic) bond motifs is 1. The quantitative estimate of drug-likeness (QED) is 0.870. The molecule has 1 aliphatic heterocycles. The molecule has 7 nitrogen and oxygen atoms in total. The number of hydrogen-bond donors (Lipinski definition) is 2. The maximum Gasteiger partial charge on any atom is 0.341 e. The number of pyridine rings is 2. The van der Waals surface area contributed by atoms with E-state index in [2.05, 4.69) is 4.98 Å². The van der Waals surface area contributed by atoms with Gasteiger partial charge >= 0.3 is 5.97 Å². The highest BCUT2D eigenvalue weighted by Gasteiger charge is 2.31. The van der Waals surface area contributed by atoms with Crippen LogP contribution in [0.5, 0.6) is 0 Å². The lowest BCUT2D eigenvalue weighted by Gasteiger charge is -2.19. The molecule has 2 unspecified atom stereocenters. The summed E-state index contributed by atoms with van der Waals surface area (Å²) in [6.07, 6.45) is 3.01. The molecule has 0 spiro atoms. The van der Waals surface area contributed by atoms with Crippen LogP contribution < -0.4 is 16.1 Å². The zero-order chi connectivity index (χ0) is 17.9. The highest BCUT2D eigenvalue weighted by Crippen LogP contribution is 2.37. The number of halogens is 1. The van der Waals surface area contributed by atoms with Gasteiger partial charge in [0.15, 0.2) is 0 Å². The summed E-state index contributed by atoms with van der Waals surface area (Å²) in [5.74, 6) is -1.40. The number of nitrogens with two attached hydrogens (primary N) is 1. The van der Waals surface area contributed by atoms with E-state index in [-0.39, 0.29) is 29.0 Å². The Bertz CT molecular complexity index is 928. The van der Waals surface area contributed by atoms with Gasteiger partial charge in [0.25, 0.3) is 0 Å². The SMILES string of the molecule is CC1CN(c2cc(F)c3c(=O)c(C(=O)O)cn(C4CC4)c3n2)CC1N. The van der Waals surface area contributed by atoms with Gasteiger partial charge in [-0.25, -0.2) is 14.2 Å². The maximum absolute atomic E-state index is 14.8. The van der Waals surface area contributed by atoms with Crippen molar-refractivity contribution in [2.24, 2.45) is 11.7 Å². The van der Waals surface area contributed by atoms with Crippen molar-refractivity contribution in [3.63, 3.8) is 0 Å². The fourth-order valence-corrected chi connectivity index (χ4v) is 3.40. The standard InChI is InChI=1S/C17H19FN4O3/c1-8-5-21(7-12(8)19)13-4-11(18)14-15(23)10(17(24)25)6-22(9-2-3-9)16(14)20-13/h4,6,8-9,12H,2-3,5,7,19H2,1H3,(H,24,25). The van der Waals surface area contributed by atoms with Crippen molar-refractivity contribution >= 4 is 22.8 Å². The Kier molecular flexibility index (Phi) is 3.54. The van der Waals surface area contributed by atoms with Gasteiger partial charge in [-0.2, -0.15) is 0 Å². The van der Waals surface area contributed by atoms with E-state index in [0.717, 1.165) is 12.8 Å². The van der Waals surface area contributed by atoms with Crippen molar-refractivity contribution in [3.8, 4) is 0 Å². The lowest BCUT2D eigenvalue weighted by Crippen LogP contribution is -2.29. The number of hydrogen-bond acceptors (Lipinski definition) is 5. The van der Waals surface area contributed by atoms with Gasteiger partial charge in [-0.05, 0) is 18.8 Å². The Labute approximate surface area is 142 Å². The van der Waals surface area contributed by atoms with E-state index in [4.69, 9.17) is 5.73 Å². The fraction of sp³-hybridized carbons (Fsp3) is 0.471. The third-order valence-corrected chi connectivity index (χ3v) is 5.09. The molecule has 0 radical (unpaired) electrons. The second-order valence-corrected chi connectivity index (χ2v) is 7.02. The normalized spacial score (nSPS) is 23.4. The molecule has 0 bridgehead atoms. The van der Waals surface area contributed by atoms with E-state index < -0.39 is 22.8 Å². The minimum absolute atomic E-state index is 0.0134. The molecule has 1 saturated heterocycles. The first-order valence-electron chi connectivity index (χ1n) is 8.36. The molecule has 132 valence electrons. The number of rotatable bonds is 3. The maximum atomic E-state index is 14.8. The molecule has 1 saturated carbocycles. The molecule has 0 aromatic carbocycles. The lowest BCUT2D eigenvalue weighted by atomic mass is 10.1. The molecule has 0 amide bonds. The Morgan fingerprint density at radius 1 is 1.40 bits per heavy atom. The van der Waals surface area contributed by atoms with Crippen molar-refractivity contribution in [3.05, 3.63) is 33.9 Å². The van der Waals surface area contributed by atoms with E-state index in [0.29, 0.717) is 18.9 Å². The van der Waals surface area contributed by atoms with Crippen LogP contribution in [-0.4, -0.2) is 39.8 Å². The predicted octanol–water partition coefficient (Wildman–Crippen LogP) is 1.35. The van der Waals surface area contributed by atoms with Crippen LogP contribution in [0.25, 0.3) is 11.0 Å². The van der Waals surface area contributed by atoms with Crippen molar-refractivity contribution in [1.29, 1.82) is 0 Å². The third kappa shape index (κ3) is 2.57. The van der Waals surface area contributed by atoms with Crippen LogP contribution in [0.1, 0.15) is 36.2 Å². The Balaban J connectivity index is 1.94. The highest BCUT2D eigenvalue weighted by molar-refractivity contribution is 5.92. The van der Waals surface area contributed by atoms with Crippen LogP contribution >= 0.6 is 0 Å². The molecular formula is C17H19FN4O3. The number of aromatic nitrogens is 2. The first kappa shape index (κ1) is 16.0. The van der Waals surface area contributed by atoms with Gasteiger partial charge < -0.3 is 20.3 Å². The molecule has 3 heterocycles. The van der Waals surface area contributed by atoms with Gasteiger partial charge in [0, 0.05) is 37.4 Å². The fourth-order valence-electron chi connectivity index (χ4n) is 3.40. The highest BCUT2D eigenvalue weighted by atomic mass is 19.1. The van der Waals surface area contributed by atoms with E-state index in [1.165, 1.54) is 12.3 Å². The van der Waals surface area contributed by atoms with Crippen LogP contribution in [0, 0.1) is 11.7 Å². The zero-order valence-corrected chi connectivity index (χ0v) is 13.8. The van der Waals surface area contributed by atoms with Crippen molar-refractivity contribution in [2.45, 2.75) is 31.8 Å². The molecule has 2 aromatic rings. The minimum atomic E-state index is -1.36. The molecule has 2 fully saturated rings. The van der Waals surface area contributed by atoms with Gasteiger partial charge in [-0.15, -0.1) is 0 Å². The second-order valence-electron chi connectivity index (χ2n) is 7.02. The van der Waals surface area contributed by atoms with Crippen LogP contribution in [0.3, 0.4) is 0 Å². The predicted molar refractivity (Wildman–Crippen MR) is 90.5 cm³/mol. The minimum Gasteiger partial charge on any atom is -0.477 e. The number of anilines is 1. The van der Waals surface area contributed by atoms with Crippen molar-refractivity contribution < 1.29 is 14.3 Å². The van der Waals surface area contributed by atoms with Gasteiger partial charge in [-0.1, -0.05) is 6.92 Å². The summed E-state index contributed by atoms with van der Waals surface area (Å²) in [6, 6.07) is 1.25. The summed E-state index contributed by atoms with van der Waals surface area (Å²) in [4.78, 5) is 30.2. The monoisotopic (exact) mass is 346 g/mol. The first-order chi connectivity index (χ1) is 11.9. The largest absolute Gasteiger partial charge is 0.477 e. The zero-order valence-electron chi connectivity index (χ0n) is 13.8. The number of carbonyl (C=O) groups is 1. The van der Waals surface area contributed by atoms with Crippen LogP contribution in [0.2, 0.25) is 0 Å². The molecule has 4 rings (SSSR count). The van der Waals surface area contributed by atoms with Gasteiger partial charge in [0.05, 0.1) is 0 Å². The topological polar surface area (TPSA) is 101 Å². The van der Waals surface area contributed by atoms with Gasteiger partial charge in [0.2, 0.25) is 5.43 Å². The Morgan fingerprint density at radius 3 is 2.68 bits per heavy atom. The summed E-state index contributed by atoms with van der Waals surface area (Å²) >= 11 is 0. The van der Waals surface area contributed by atoms with E-state index >= 15 is 0 Å². The third-order valence-electron chi connectivity index (χ3n) is 5.09. The summed E-state index contributed by atoms with van der Waals surface area (Å²) in [5, 5.41) is 8.99. The molecule has 8 heteroatoms. The molecule has 2 aromatic heterocycles. The lowest BCUT2D eigenvalue weighted by molar-refractivity contribution is 0.0695. The second kappa shape index (κ2) is 5.52. The van der Waals surface area contributed by atoms with Crippen LogP contribution in [0.15, 0.2) is 17.1 Å². The van der Waals surface area contributed by atoms with E-state index in [1.807, 2.05) is 11.8 Å². The summed E-state index contributed by atoms with van der Waals surface area (Å²) in [5.41, 5.74) is 4.99. The average molecular weight is 346 g/mol. The van der Waals surface area contributed by atoms with Crippen LogP contribution in [-0.2, 0) is 0 Å². The van der Waals surface area contributed by atoms with E-state index in [9.17, 15) is 19.1 Å². The molecule has 3 N–H and O–H groups in total. The smallest absolute Gasteiger partial charge is 0.341 e. The molecule has 2 aliphatic rings. The summed E-state index contributed by atoms with van der Waals surface area (Å²) in [6.45, 7) is 3.27. The molecule has 2 atom stereocenters. The number of aromatic carboxylic acids is 1. The van der Waals surface area contributed by atoms with E-state index in [1.54, 1.807) is 4.57 Å². The molecule has 1 aliphatic carbocycles. The number of nitrogens with zero attached hydrogens (tertiary/aromatic N) is 3.